The number of amides is 3. The van der Waals surface area contributed by atoms with Gasteiger partial charge >= 0.3 is 6.03 Å². The van der Waals surface area contributed by atoms with Crippen molar-refractivity contribution in [1.82, 2.24) is 14.7 Å². The predicted octanol–water partition coefficient (Wildman–Crippen LogP) is 3.11. The van der Waals surface area contributed by atoms with E-state index in [1.807, 2.05) is 20.8 Å². The Morgan fingerprint density at radius 2 is 1.44 bits per heavy atom. The lowest BCUT2D eigenvalue weighted by molar-refractivity contribution is 0.0641. The highest BCUT2D eigenvalue weighted by Crippen LogP contribution is 2.20. The number of sulfonamides is 1. The molecule has 1 saturated heterocycles. The summed E-state index contributed by atoms with van der Waals surface area (Å²) in [7, 11) is -3.77. The van der Waals surface area contributed by atoms with Crippen molar-refractivity contribution in [2.75, 3.05) is 50.6 Å². The number of anilines is 1. The first kappa shape index (κ1) is 25.4. The maximum absolute atomic E-state index is 12.9. The molecule has 1 fully saturated rings. The Morgan fingerprint density at radius 1 is 0.882 bits per heavy atom. The SMILES string of the molecule is CCOc1ccc(S(=O)(=O)Nc2ccc(C(=O)N3CCN(C(=O)N(CC)CC)CC3)cc2)cc1. The highest BCUT2D eigenvalue weighted by atomic mass is 32.2. The summed E-state index contributed by atoms with van der Waals surface area (Å²) in [6, 6.07) is 12.5. The van der Waals surface area contributed by atoms with Gasteiger partial charge in [0.05, 0.1) is 11.5 Å². The van der Waals surface area contributed by atoms with Crippen LogP contribution < -0.4 is 9.46 Å². The van der Waals surface area contributed by atoms with Crippen molar-refractivity contribution >= 4 is 27.6 Å². The zero-order chi connectivity index (χ0) is 24.7. The fourth-order valence-corrected chi connectivity index (χ4v) is 4.81. The molecule has 1 heterocycles. The van der Waals surface area contributed by atoms with Crippen LogP contribution in [0.1, 0.15) is 31.1 Å². The lowest BCUT2D eigenvalue weighted by Crippen LogP contribution is -2.54. The van der Waals surface area contributed by atoms with E-state index in [4.69, 9.17) is 4.74 Å². The van der Waals surface area contributed by atoms with Gasteiger partial charge in [0.25, 0.3) is 15.9 Å². The number of hydrogen-bond acceptors (Lipinski definition) is 5. The molecule has 3 amide bonds. The van der Waals surface area contributed by atoms with Crippen LogP contribution in [0.2, 0.25) is 0 Å². The number of hydrogen-bond donors (Lipinski definition) is 1. The molecular weight excluding hydrogens is 456 g/mol. The molecule has 0 unspecified atom stereocenters. The topological polar surface area (TPSA) is 99.3 Å². The zero-order valence-corrected chi connectivity index (χ0v) is 20.7. The number of benzene rings is 2. The van der Waals surface area contributed by atoms with Crippen LogP contribution in [0, 0.1) is 0 Å². The molecule has 0 bridgehead atoms. The molecular formula is C24H32N4O5S. The highest BCUT2D eigenvalue weighted by Gasteiger charge is 2.26. The van der Waals surface area contributed by atoms with Gasteiger partial charge < -0.3 is 19.4 Å². The number of piperazine rings is 1. The molecule has 0 radical (unpaired) electrons. The second-order valence-electron chi connectivity index (χ2n) is 7.82. The van der Waals surface area contributed by atoms with Gasteiger partial charge in [-0.3, -0.25) is 9.52 Å². The monoisotopic (exact) mass is 488 g/mol. The van der Waals surface area contributed by atoms with E-state index >= 15 is 0 Å². The summed E-state index contributed by atoms with van der Waals surface area (Å²) >= 11 is 0. The van der Waals surface area contributed by atoms with Crippen molar-refractivity contribution in [3.05, 3.63) is 54.1 Å². The minimum absolute atomic E-state index is 0.00117. The summed E-state index contributed by atoms with van der Waals surface area (Å²) in [6.45, 7) is 9.45. The molecule has 34 heavy (non-hydrogen) atoms. The van der Waals surface area contributed by atoms with Crippen molar-refractivity contribution in [3.8, 4) is 5.75 Å². The van der Waals surface area contributed by atoms with E-state index in [9.17, 15) is 18.0 Å². The Morgan fingerprint density at radius 3 is 1.97 bits per heavy atom. The summed E-state index contributed by atoms with van der Waals surface area (Å²) in [4.78, 5) is 30.8. The van der Waals surface area contributed by atoms with Crippen LogP contribution in [0.15, 0.2) is 53.4 Å². The molecule has 1 N–H and O–H groups in total. The van der Waals surface area contributed by atoms with Gasteiger partial charge in [0.15, 0.2) is 0 Å². The Bertz CT molecular complexity index is 1080. The molecule has 1 aliphatic heterocycles. The average molecular weight is 489 g/mol. The van der Waals surface area contributed by atoms with Crippen LogP contribution in [0.4, 0.5) is 10.5 Å². The molecule has 9 nitrogen and oxygen atoms in total. The fraction of sp³-hybridized carbons (Fsp3) is 0.417. The van der Waals surface area contributed by atoms with Crippen LogP contribution in [0.5, 0.6) is 5.75 Å². The number of nitrogens with one attached hydrogen (secondary N) is 1. The van der Waals surface area contributed by atoms with Gasteiger partial charge in [-0.15, -0.1) is 0 Å². The number of rotatable bonds is 8. The van der Waals surface area contributed by atoms with E-state index in [0.717, 1.165) is 0 Å². The van der Waals surface area contributed by atoms with Gasteiger partial charge in [-0.05, 0) is 69.3 Å². The van der Waals surface area contributed by atoms with Gasteiger partial charge in [-0.1, -0.05) is 0 Å². The van der Waals surface area contributed by atoms with Gasteiger partial charge in [-0.25, -0.2) is 13.2 Å². The zero-order valence-electron chi connectivity index (χ0n) is 19.9. The molecule has 0 saturated carbocycles. The molecule has 2 aromatic rings. The quantitative estimate of drug-likeness (QED) is 0.616. The number of carbonyl (C=O) groups is 2. The molecule has 10 heteroatoms. The third-order valence-corrected chi connectivity index (χ3v) is 7.10. The summed E-state index contributed by atoms with van der Waals surface area (Å²) in [5.74, 6) is 0.457. The summed E-state index contributed by atoms with van der Waals surface area (Å²) in [5, 5.41) is 0. The number of nitrogens with zero attached hydrogens (tertiary/aromatic N) is 3. The first-order chi connectivity index (χ1) is 16.3. The molecule has 0 spiro atoms. The van der Waals surface area contributed by atoms with Gasteiger partial charge in [0, 0.05) is 50.5 Å². The Labute approximate surface area is 201 Å². The predicted molar refractivity (Wildman–Crippen MR) is 131 cm³/mol. The van der Waals surface area contributed by atoms with Crippen LogP contribution in [-0.4, -0.2) is 80.9 Å². The third kappa shape index (κ3) is 5.99. The number of urea groups is 1. The minimum atomic E-state index is -3.77. The molecule has 184 valence electrons. The molecule has 2 aromatic carbocycles. The van der Waals surface area contributed by atoms with Crippen molar-refractivity contribution in [1.29, 1.82) is 0 Å². The Balaban J connectivity index is 1.59. The molecule has 0 aromatic heterocycles. The smallest absolute Gasteiger partial charge is 0.320 e. The lowest BCUT2D eigenvalue weighted by Gasteiger charge is -2.37. The first-order valence-corrected chi connectivity index (χ1v) is 13.0. The van der Waals surface area contributed by atoms with Crippen molar-refractivity contribution in [2.45, 2.75) is 25.7 Å². The van der Waals surface area contributed by atoms with Crippen LogP contribution in [0.25, 0.3) is 0 Å². The third-order valence-electron chi connectivity index (χ3n) is 5.70. The van der Waals surface area contributed by atoms with E-state index in [1.54, 1.807) is 51.1 Å². The van der Waals surface area contributed by atoms with Gasteiger partial charge in [0.1, 0.15) is 5.75 Å². The van der Waals surface area contributed by atoms with E-state index in [2.05, 4.69) is 4.72 Å². The van der Waals surface area contributed by atoms with Gasteiger partial charge in [0.2, 0.25) is 0 Å². The van der Waals surface area contributed by atoms with Crippen molar-refractivity contribution < 1.29 is 22.7 Å². The van der Waals surface area contributed by atoms with Crippen LogP contribution in [-0.2, 0) is 10.0 Å². The molecule has 1 aliphatic rings. The Hall–Kier alpha value is -3.27. The van der Waals surface area contributed by atoms with Crippen molar-refractivity contribution in [2.24, 2.45) is 0 Å². The summed E-state index contributed by atoms with van der Waals surface area (Å²) in [5.41, 5.74) is 0.826. The maximum atomic E-state index is 12.9. The summed E-state index contributed by atoms with van der Waals surface area (Å²) in [6.07, 6.45) is 0. The second kappa shape index (κ2) is 11.2. The summed E-state index contributed by atoms with van der Waals surface area (Å²) < 4.78 is 33.2. The molecule has 0 atom stereocenters. The normalized spacial score (nSPS) is 14.0. The molecule has 0 aliphatic carbocycles. The van der Waals surface area contributed by atoms with Gasteiger partial charge in [-0.2, -0.15) is 0 Å². The second-order valence-corrected chi connectivity index (χ2v) is 9.50. The lowest BCUT2D eigenvalue weighted by atomic mass is 10.1. The first-order valence-electron chi connectivity index (χ1n) is 11.5. The van der Waals surface area contributed by atoms with Crippen LogP contribution >= 0.6 is 0 Å². The number of carbonyl (C=O) groups excluding carboxylic acids is 2. The van der Waals surface area contributed by atoms with E-state index in [-0.39, 0.29) is 16.8 Å². The number of ether oxygens (including phenoxy) is 1. The van der Waals surface area contributed by atoms with E-state index < -0.39 is 10.0 Å². The van der Waals surface area contributed by atoms with E-state index in [1.165, 1.54) is 12.1 Å². The standard InChI is InChI=1S/C24H32N4O5S/c1-4-26(5-2)24(30)28-17-15-27(16-18-28)23(29)19-7-9-20(10-8-19)25-34(31,32)22-13-11-21(12-14-22)33-6-3/h7-14,25H,4-6,15-18H2,1-3H3. The largest absolute Gasteiger partial charge is 0.494 e. The Kier molecular flexibility index (Phi) is 8.38. The average Bonchev–Trinajstić information content (AvgIpc) is 2.85. The van der Waals surface area contributed by atoms with Crippen molar-refractivity contribution in [3.63, 3.8) is 0 Å². The molecule has 3 rings (SSSR count). The van der Waals surface area contributed by atoms with E-state index in [0.29, 0.717) is 62.9 Å². The highest BCUT2D eigenvalue weighted by molar-refractivity contribution is 7.92. The fourth-order valence-electron chi connectivity index (χ4n) is 3.75. The van der Waals surface area contributed by atoms with Crippen LogP contribution in [0.3, 0.4) is 0 Å². The maximum Gasteiger partial charge on any atom is 0.320 e. The minimum Gasteiger partial charge on any atom is -0.494 e.